The summed E-state index contributed by atoms with van der Waals surface area (Å²) in [6, 6.07) is 5.77. The summed E-state index contributed by atoms with van der Waals surface area (Å²) in [6.07, 6.45) is 5.67. The van der Waals surface area contributed by atoms with Crippen molar-refractivity contribution in [3.05, 3.63) is 86.3 Å². The number of thiocarbonyl (C=S) groups is 1. The molecule has 2 aliphatic rings. The zero-order valence-corrected chi connectivity index (χ0v) is 34.3. The third-order valence-corrected chi connectivity index (χ3v) is 13.0. The highest BCUT2D eigenvalue weighted by atomic mass is 32.2. The minimum absolute atomic E-state index is 0.0748. The number of hydrogen-bond donors (Lipinski definition) is 4. The predicted octanol–water partition coefficient (Wildman–Crippen LogP) is 1.07. The summed E-state index contributed by atoms with van der Waals surface area (Å²) < 4.78 is 71.9. The molecular weight excluding hydrogens is 849 g/mol. The predicted molar refractivity (Wildman–Crippen MR) is 214 cm³/mol. The van der Waals surface area contributed by atoms with E-state index in [1.165, 1.54) is 0 Å². The molecule has 0 bridgehead atoms. The molecule has 0 saturated carbocycles. The monoisotopic (exact) mass is 884 g/mol. The Kier molecular flexibility index (Phi) is 13.2. The number of carboxylic acid groups (broad SMARTS) is 2. The lowest BCUT2D eigenvalue weighted by Gasteiger charge is -2.31. The molecule has 0 radical (unpaired) electrons. The van der Waals surface area contributed by atoms with Crippen molar-refractivity contribution in [2.75, 3.05) is 29.5 Å². The number of fused-ring (bicyclic) bond motifs is 1. The van der Waals surface area contributed by atoms with Gasteiger partial charge < -0.3 is 19.8 Å². The summed E-state index contributed by atoms with van der Waals surface area (Å²) in [6.45, 7) is 2.05. The van der Waals surface area contributed by atoms with Crippen molar-refractivity contribution in [1.82, 2.24) is 14.0 Å². The third-order valence-electron chi connectivity index (χ3n) is 8.67. The summed E-state index contributed by atoms with van der Waals surface area (Å²) in [5.74, 6) is -5.57. The maximum atomic E-state index is 14.2. The summed E-state index contributed by atoms with van der Waals surface area (Å²) >= 11 is 6.49. The number of thiazole rings is 2. The van der Waals surface area contributed by atoms with Crippen LogP contribution in [0.5, 0.6) is 0 Å². The van der Waals surface area contributed by atoms with Crippen LogP contribution in [-0.4, -0.2) is 97.8 Å². The molecule has 23 heteroatoms. The Morgan fingerprint density at radius 2 is 1.56 bits per heavy atom. The topological polar surface area (TPSA) is 260 Å². The van der Waals surface area contributed by atoms with Gasteiger partial charge in [-0.2, -0.15) is 16.8 Å². The van der Waals surface area contributed by atoms with E-state index in [0.717, 1.165) is 37.6 Å². The number of anilines is 1. The van der Waals surface area contributed by atoms with Crippen LogP contribution in [0.2, 0.25) is 0 Å². The zero-order valence-electron chi connectivity index (χ0n) is 30.2. The Bertz CT molecular complexity index is 2810. The summed E-state index contributed by atoms with van der Waals surface area (Å²) in [4.78, 5) is 67.4. The molecule has 0 aliphatic carbocycles. The van der Waals surface area contributed by atoms with E-state index in [1.807, 2.05) is 42.2 Å². The van der Waals surface area contributed by atoms with Gasteiger partial charge in [-0.25, -0.2) is 0 Å². The zero-order chi connectivity index (χ0) is 42.0. The molecule has 57 heavy (non-hydrogen) atoms. The minimum Gasteiger partial charge on any atom is -0.481 e. The molecule has 4 N–H and O–H groups in total. The molecule has 306 valence electrons. The van der Waals surface area contributed by atoms with E-state index in [1.54, 1.807) is 13.0 Å². The number of aryl methyl sites for hydroxylation is 1. The fraction of sp³-hybridized carbons (Fsp3) is 0.353. The lowest BCUT2D eigenvalue weighted by Crippen LogP contribution is -2.34. The van der Waals surface area contributed by atoms with Crippen LogP contribution in [0.4, 0.5) is 5.69 Å². The molecule has 5 rings (SSSR count). The number of rotatable bonds is 15. The van der Waals surface area contributed by atoms with Gasteiger partial charge in [0.2, 0.25) is 5.76 Å². The van der Waals surface area contributed by atoms with Crippen LogP contribution in [0.3, 0.4) is 0 Å². The van der Waals surface area contributed by atoms with Crippen LogP contribution in [0.1, 0.15) is 43.7 Å². The van der Waals surface area contributed by atoms with Crippen LogP contribution in [-0.2, 0) is 52.4 Å². The molecule has 2 aliphatic heterocycles. The van der Waals surface area contributed by atoms with Gasteiger partial charge in [0.15, 0.2) is 0 Å². The van der Waals surface area contributed by atoms with Crippen molar-refractivity contribution in [1.29, 1.82) is 0 Å². The number of amides is 1. The quantitative estimate of drug-likeness (QED) is 0.0946. The van der Waals surface area contributed by atoms with E-state index < -0.39 is 91.2 Å². The Hall–Kier alpha value is -4.78. The molecule has 4 heterocycles. The largest absolute Gasteiger partial charge is 0.481 e. The van der Waals surface area contributed by atoms with E-state index in [2.05, 4.69) is 0 Å². The van der Waals surface area contributed by atoms with Crippen molar-refractivity contribution >= 4 is 101 Å². The lowest BCUT2D eigenvalue weighted by atomic mass is 10.0. The van der Waals surface area contributed by atoms with Crippen LogP contribution in [0, 0.1) is 16.1 Å². The standard InChI is InChI=1S/C34H36N4O14S5/c1-3-20(17-22-8-7-21-16-19(2)6-9-23(21)35(22)11-4-5-14-56(46,47)48)27-30(44)36(13-15-57(49,50)51)33(54-27)28-31(45)38(18-25(41)42)32(55-28)26-29(43)37(34(53)52-26)12-10-24(39)40/h6-9,16-17H,3-5,10-15,18H2,1-2H3,(H,39,40)(H,41,42)(H,46,47,48)(H,49,50,51)/b22-17+,27-20+,32-26+,33-28+. The Labute approximate surface area is 337 Å². The average Bonchev–Trinajstić information content (AvgIpc) is 3.71. The highest BCUT2D eigenvalue weighted by Crippen LogP contribution is 2.33. The number of carbonyl (C=O) groups excluding carboxylic acids is 1. The molecule has 2 aromatic heterocycles. The van der Waals surface area contributed by atoms with Gasteiger partial charge in [0.05, 0.1) is 22.5 Å². The van der Waals surface area contributed by atoms with E-state index >= 15 is 0 Å². The second-order valence-corrected chi connectivity index (χ2v) is 18.3. The minimum atomic E-state index is -4.64. The third kappa shape index (κ3) is 10.2. The maximum Gasteiger partial charge on any atom is 0.323 e. The van der Waals surface area contributed by atoms with Crippen molar-refractivity contribution in [2.45, 2.75) is 52.6 Å². The smallest absolute Gasteiger partial charge is 0.323 e. The van der Waals surface area contributed by atoms with Gasteiger partial charge in [-0.15, -0.1) is 22.7 Å². The molecule has 0 atom stereocenters. The molecule has 1 aromatic carbocycles. The Morgan fingerprint density at radius 1 is 0.860 bits per heavy atom. The summed E-state index contributed by atoms with van der Waals surface area (Å²) in [5, 5.41) is 18.4. The Morgan fingerprint density at radius 3 is 2.19 bits per heavy atom. The van der Waals surface area contributed by atoms with Crippen molar-refractivity contribution in [2.24, 2.45) is 0 Å². The second-order valence-electron chi connectivity index (χ2n) is 12.8. The summed E-state index contributed by atoms with van der Waals surface area (Å²) in [5.41, 5.74) is 2.01. The van der Waals surface area contributed by atoms with Crippen molar-refractivity contribution < 1.29 is 55.3 Å². The number of aliphatic carboxylic acids is 2. The molecule has 18 nitrogen and oxygen atoms in total. The first-order valence-electron chi connectivity index (χ1n) is 17.1. The fourth-order valence-electron chi connectivity index (χ4n) is 6.01. The molecule has 1 fully saturated rings. The van der Waals surface area contributed by atoms with Gasteiger partial charge in [-0.1, -0.05) is 24.6 Å². The van der Waals surface area contributed by atoms with Crippen LogP contribution in [0.25, 0.3) is 17.4 Å². The molecule has 0 spiro atoms. The maximum absolute atomic E-state index is 14.2. The number of hydrogen-bond acceptors (Lipinski definition) is 14. The normalized spacial score (nSPS) is 17.3. The average molecular weight is 885 g/mol. The van der Waals surface area contributed by atoms with Gasteiger partial charge in [0.25, 0.3) is 42.4 Å². The molecule has 1 amide bonds. The van der Waals surface area contributed by atoms with E-state index in [9.17, 15) is 55.0 Å². The van der Waals surface area contributed by atoms with E-state index in [-0.39, 0.29) is 37.8 Å². The number of unbranched alkanes of at least 4 members (excludes halogenated alkanes) is 1. The first kappa shape index (κ1) is 43.3. The number of nitrogens with zero attached hydrogens (tertiary/aromatic N) is 4. The molecule has 3 aromatic rings. The van der Waals surface area contributed by atoms with Gasteiger partial charge in [0.1, 0.15) is 20.4 Å². The first-order chi connectivity index (χ1) is 26.7. The number of ether oxygens (including phenoxy) is 1. The number of carbonyl (C=O) groups is 3. The van der Waals surface area contributed by atoms with Crippen molar-refractivity contribution in [3.8, 4) is 0 Å². The number of carboxylic acids is 2. The van der Waals surface area contributed by atoms with E-state index in [0.29, 0.717) is 40.1 Å². The molecule has 1 saturated heterocycles. The van der Waals surface area contributed by atoms with Gasteiger partial charge in [-0.3, -0.25) is 47.1 Å². The SMILES string of the molecule is CCC(/C=C1\C=Cc2cc(C)ccc2N1CCCCS(=O)(=O)O)=c1\s/c(=c2/s/c(=C3/OC(=S)N(CCC(=O)O)C3=O)n(CC(=O)O)c2=O)n(CCS(=O)(=O)O)c1=O. The van der Waals surface area contributed by atoms with Crippen LogP contribution in [0.15, 0.2) is 45.6 Å². The lowest BCUT2D eigenvalue weighted by molar-refractivity contribution is -0.138. The highest BCUT2D eigenvalue weighted by Gasteiger charge is 2.36. The highest BCUT2D eigenvalue weighted by molar-refractivity contribution is 7.86. The van der Waals surface area contributed by atoms with Gasteiger partial charge >= 0.3 is 11.9 Å². The van der Waals surface area contributed by atoms with Crippen LogP contribution < -0.4 is 25.2 Å². The van der Waals surface area contributed by atoms with E-state index in [4.69, 9.17) is 22.1 Å². The second kappa shape index (κ2) is 17.4. The van der Waals surface area contributed by atoms with Gasteiger partial charge in [0, 0.05) is 31.0 Å². The number of aromatic nitrogens is 2. The first-order valence-corrected chi connectivity index (χ1v) is 22.3. The summed E-state index contributed by atoms with van der Waals surface area (Å²) in [7, 11) is -8.82. The van der Waals surface area contributed by atoms with Crippen molar-refractivity contribution in [3.63, 3.8) is 0 Å². The Balaban J connectivity index is 1.79. The van der Waals surface area contributed by atoms with Crippen LogP contribution >= 0.6 is 34.9 Å². The number of allylic oxidation sites excluding steroid dienone is 2. The number of benzene rings is 1. The molecule has 0 unspecified atom stereocenters. The van der Waals surface area contributed by atoms with Gasteiger partial charge in [-0.05, 0) is 73.8 Å². The fourth-order valence-corrected chi connectivity index (χ4v) is 9.75. The molecular formula is C34H36N4O14S5.